The smallest absolute Gasteiger partial charge is 0.226 e. The maximum atomic E-state index is 11.8. The third kappa shape index (κ3) is 2.92. The first kappa shape index (κ1) is 10.9. The number of epoxide rings is 1. The van der Waals surface area contributed by atoms with Gasteiger partial charge in [0.1, 0.15) is 0 Å². The van der Waals surface area contributed by atoms with E-state index in [0.717, 1.165) is 39.1 Å². The third-order valence-corrected chi connectivity index (χ3v) is 3.16. The monoisotopic (exact) mass is 212 g/mol. The van der Waals surface area contributed by atoms with Gasteiger partial charge in [-0.15, -0.1) is 0 Å². The zero-order chi connectivity index (χ0) is 10.8. The Balaban J connectivity index is 1.82. The van der Waals surface area contributed by atoms with Crippen molar-refractivity contribution >= 4 is 5.91 Å². The summed E-state index contributed by atoms with van der Waals surface area (Å²) in [6.07, 6.45) is 2.62. The minimum Gasteiger partial charge on any atom is -0.372 e. The molecule has 0 aromatic carbocycles. The summed E-state index contributed by atoms with van der Waals surface area (Å²) in [7, 11) is 3.68. The first-order valence-electron chi connectivity index (χ1n) is 5.72. The number of ether oxygens (including phenoxy) is 1. The highest BCUT2D eigenvalue weighted by Crippen LogP contribution is 2.20. The fraction of sp³-hybridized carbons (Fsp3) is 0.909. The minimum absolute atomic E-state index is 0.201. The molecule has 0 bridgehead atoms. The fourth-order valence-corrected chi connectivity index (χ4v) is 2.25. The second-order valence-corrected chi connectivity index (χ2v) is 4.79. The van der Waals surface area contributed by atoms with Crippen LogP contribution < -0.4 is 0 Å². The van der Waals surface area contributed by atoms with Crippen molar-refractivity contribution in [2.24, 2.45) is 5.92 Å². The van der Waals surface area contributed by atoms with E-state index < -0.39 is 0 Å². The molecule has 2 rings (SSSR count). The van der Waals surface area contributed by atoms with Crippen LogP contribution in [0.25, 0.3) is 0 Å². The van der Waals surface area contributed by atoms with Gasteiger partial charge in [-0.2, -0.15) is 0 Å². The Labute approximate surface area is 91.2 Å². The van der Waals surface area contributed by atoms with E-state index in [-0.39, 0.29) is 11.8 Å². The molecule has 4 heteroatoms. The lowest BCUT2D eigenvalue weighted by Gasteiger charge is -2.32. The van der Waals surface area contributed by atoms with Crippen LogP contribution in [0.3, 0.4) is 0 Å². The van der Waals surface area contributed by atoms with Gasteiger partial charge in [0, 0.05) is 27.2 Å². The van der Waals surface area contributed by atoms with Crippen molar-refractivity contribution in [2.75, 3.05) is 40.3 Å². The number of likely N-dealkylation sites (tertiary alicyclic amines) is 1. The Morgan fingerprint density at radius 3 is 2.87 bits per heavy atom. The molecular formula is C11H20N2O2. The normalized spacial score (nSPS) is 31.3. The third-order valence-electron chi connectivity index (χ3n) is 3.16. The minimum atomic E-state index is 0.201. The molecule has 4 nitrogen and oxygen atoms in total. The Morgan fingerprint density at radius 2 is 2.27 bits per heavy atom. The summed E-state index contributed by atoms with van der Waals surface area (Å²) >= 11 is 0. The van der Waals surface area contributed by atoms with Crippen LogP contribution in [0, 0.1) is 5.92 Å². The number of nitrogens with zero attached hydrogens (tertiary/aromatic N) is 2. The largest absolute Gasteiger partial charge is 0.372 e. The maximum absolute atomic E-state index is 11.8. The van der Waals surface area contributed by atoms with Gasteiger partial charge in [-0.25, -0.2) is 0 Å². The number of amides is 1. The molecule has 0 radical (unpaired) electrons. The molecular weight excluding hydrogens is 192 g/mol. The zero-order valence-electron chi connectivity index (χ0n) is 9.61. The van der Waals surface area contributed by atoms with Crippen molar-refractivity contribution in [3.63, 3.8) is 0 Å². The maximum Gasteiger partial charge on any atom is 0.226 e. The van der Waals surface area contributed by atoms with Gasteiger partial charge >= 0.3 is 0 Å². The van der Waals surface area contributed by atoms with Crippen molar-refractivity contribution in [1.29, 1.82) is 0 Å². The summed E-state index contributed by atoms with van der Waals surface area (Å²) in [5.41, 5.74) is 0. The molecule has 0 spiro atoms. The van der Waals surface area contributed by atoms with E-state index in [1.165, 1.54) is 0 Å². The summed E-state index contributed by atoms with van der Waals surface area (Å²) in [5, 5.41) is 0. The van der Waals surface area contributed by atoms with Crippen molar-refractivity contribution in [3.05, 3.63) is 0 Å². The van der Waals surface area contributed by atoms with Crippen LogP contribution in [0.2, 0.25) is 0 Å². The van der Waals surface area contributed by atoms with E-state index in [0.29, 0.717) is 6.10 Å². The molecule has 0 aromatic rings. The zero-order valence-corrected chi connectivity index (χ0v) is 9.61. The molecule has 0 aliphatic carbocycles. The molecule has 2 fully saturated rings. The Kier molecular flexibility index (Phi) is 3.26. The number of rotatable bonds is 3. The molecule has 2 heterocycles. The molecule has 86 valence electrons. The van der Waals surface area contributed by atoms with Crippen LogP contribution >= 0.6 is 0 Å². The first-order valence-corrected chi connectivity index (χ1v) is 5.72. The van der Waals surface area contributed by atoms with Crippen LogP contribution in [-0.4, -0.2) is 62.1 Å². The van der Waals surface area contributed by atoms with Gasteiger partial charge in [0.05, 0.1) is 18.6 Å². The van der Waals surface area contributed by atoms with Crippen LogP contribution in [0.4, 0.5) is 0 Å². The predicted octanol–water partition coefficient (Wildman–Crippen LogP) is 0.185. The molecule has 2 atom stereocenters. The molecule has 2 aliphatic heterocycles. The van der Waals surface area contributed by atoms with Gasteiger partial charge in [-0.1, -0.05) is 0 Å². The van der Waals surface area contributed by atoms with Gasteiger partial charge in [-0.3, -0.25) is 9.69 Å². The number of carbonyl (C=O) groups is 1. The molecule has 2 aliphatic rings. The van der Waals surface area contributed by atoms with Crippen LogP contribution in [0.15, 0.2) is 0 Å². The van der Waals surface area contributed by atoms with E-state index in [1.807, 2.05) is 14.1 Å². The van der Waals surface area contributed by atoms with Crippen LogP contribution in [-0.2, 0) is 9.53 Å². The molecule has 2 saturated heterocycles. The first-order chi connectivity index (χ1) is 7.16. The highest BCUT2D eigenvalue weighted by atomic mass is 16.6. The lowest BCUT2D eigenvalue weighted by Crippen LogP contribution is -2.43. The van der Waals surface area contributed by atoms with Crippen molar-refractivity contribution in [2.45, 2.75) is 18.9 Å². The van der Waals surface area contributed by atoms with Gasteiger partial charge in [0.2, 0.25) is 5.91 Å². The molecule has 0 aromatic heterocycles. The molecule has 15 heavy (non-hydrogen) atoms. The van der Waals surface area contributed by atoms with E-state index in [2.05, 4.69) is 4.90 Å². The second kappa shape index (κ2) is 4.49. The predicted molar refractivity (Wildman–Crippen MR) is 57.6 cm³/mol. The molecule has 0 saturated carbocycles. The van der Waals surface area contributed by atoms with Crippen molar-refractivity contribution in [3.8, 4) is 0 Å². The van der Waals surface area contributed by atoms with Gasteiger partial charge in [0.25, 0.3) is 0 Å². The van der Waals surface area contributed by atoms with Gasteiger partial charge < -0.3 is 9.64 Å². The van der Waals surface area contributed by atoms with Crippen molar-refractivity contribution < 1.29 is 9.53 Å². The molecule has 0 N–H and O–H groups in total. The van der Waals surface area contributed by atoms with E-state index in [1.54, 1.807) is 4.90 Å². The van der Waals surface area contributed by atoms with E-state index in [9.17, 15) is 4.79 Å². The average Bonchev–Trinajstić information content (AvgIpc) is 3.01. The Hall–Kier alpha value is -0.610. The fourth-order valence-electron chi connectivity index (χ4n) is 2.25. The van der Waals surface area contributed by atoms with E-state index >= 15 is 0 Å². The number of carbonyl (C=O) groups excluding carboxylic acids is 1. The van der Waals surface area contributed by atoms with Crippen LogP contribution in [0.5, 0.6) is 0 Å². The second-order valence-electron chi connectivity index (χ2n) is 4.79. The highest BCUT2D eigenvalue weighted by Gasteiger charge is 2.31. The quantitative estimate of drug-likeness (QED) is 0.626. The summed E-state index contributed by atoms with van der Waals surface area (Å²) < 4.78 is 5.22. The topological polar surface area (TPSA) is 36.1 Å². The number of piperidine rings is 1. The summed E-state index contributed by atoms with van der Waals surface area (Å²) in [4.78, 5) is 15.9. The standard InChI is InChI=1S/C11H20N2O2/c1-12(2)11(14)9-4-3-5-13(6-9)7-10-8-15-10/h9-10H,3-8H2,1-2H3/t9-,10+/m0/s1. The highest BCUT2D eigenvalue weighted by molar-refractivity contribution is 5.78. The summed E-state index contributed by atoms with van der Waals surface area (Å²) in [6.45, 7) is 3.95. The summed E-state index contributed by atoms with van der Waals surface area (Å²) in [5.74, 6) is 0.476. The van der Waals surface area contributed by atoms with Crippen LogP contribution in [0.1, 0.15) is 12.8 Å². The molecule has 0 unspecified atom stereocenters. The SMILES string of the molecule is CN(C)C(=O)[C@H]1CCCN(C[C@@H]2CO2)C1. The summed E-state index contributed by atoms with van der Waals surface area (Å²) in [6, 6.07) is 0. The van der Waals surface area contributed by atoms with Crippen molar-refractivity contribution in [1.82, 2.24) is 9.80 Å². The van der Waals surface area contributed by atoms with Gasteiger partial charge in [-0.05, 0) is 19.4 Å². The lowest BCUT2D eigenvalue weighted by molar-refractivity contribution is -0.134. The Bertz CT molecular complexity index is 239. The van der Waals surface area contributed by atoms with E-state index in [4.69, 9.17) is 4.74 Å². The molecule has 1 amide bonds. The Morgan fingerprint density at radius 1 is 1.53 bits per heavy atom. The average molecular weight is 212 g/mol. The lowest BCUT2D eigenvalue weighted by atomic mass is 9.96. The number of hydrogen-bond acceptors (Lipinski definition) is 3. The van der Waals surface area contributed by atoms with Gasteiger partial charge in [0.15, 0.2) is 0 Å². The number of hydrogen-bond donors (Lipinski definition) is 0.